The van der Waals surface area contributed by atoms with Crippen LogP contribution in [0.2, 0.25) is 0 Å². The van der Waals surface area contributed by atoms with Gasteiger partial charge in [-0.1, -0.05) is 0 Å². The molecule has 5 nitrogen and oxygen atoms in total. The predicted molar refractivity (Wildman–Crippen MR) is 51.3 cm³/mol. The molecule has 1 aromatic rings. The lowest BCUT2D eigenvalue weighted by Gasteiger charge is -2.14. The minimum Gasteiger partial charge on any atom is -0.318 e. The normalized spacial score (nSPS) is 11.1. The van der Waals surface area contributed by atoms with Crippen molar-refractivity contribution >= 4 is 0 Å². The van der Waals surface area contributed by atoms with E-state index in [4.69, 9.17) is 0 Å². The number of likely N-dealkylation sites (N-methyl/N-ethyl adjacent to an activating group) is 2. The molecule has 0 aromatic carbocycles. The molecule has 1 aromatic heterocycles. The molecule has 0 bridgehead atoms. The third-order valence-corrected chi connectivity index (χ3v) is 1.96. The van der Waals surface area contributed by atoms with E-state index in [-0.39, 0.29) is 0 Å². The van der Waals surface area contributed by atoms with Crippen LogP contribution in [0.15, 0.2) is 6.33 Å². The van der Waals surface area contributed by atoms with Crippen LogP contribution in [0.25, 0.3) is 0 Å². The average Bonchev–Trinajstić information content (AvgIpc) is 2.48. The summed E-state index contributed by atoms with van der Waals surface area (Å²) in [7, 11) is 5.94. The number of nitrogens with one attached hydrogen (secondary N) is 1. The van der Waals surface area contributed by atoms with Gasteiger partial charge in [0.2, 0.25) is 0 Å². The Morgan fingerprint density at radius 3 is 2.92 bits per heavy atom. The number of hydrogen-bond donors (Lipinski definition) is 1. The molecular formula is C8H17N5. The zero-order valence-corrected chi connectivity index (χ0v) is 8.49. The summed E-state index contributed by atoms with van der Waals surface area (Å²) in [5, 5.41) is 7.12. The molecule has 0 amide bonds. The zero-order valence-electron chi connectivity index (χ0n) is 8.49. The summed E-state index contributed by atoms with van der Waals surface area (Å²) in [6.07, 6.45) is 1.58. The van der Waals surface area contributed by atoms with Gasteiger partial charge in [0.15, 0.2) is 0 Å². The molecule has 74 valence electrons. The molecule has 1 rings (SSSR count). The Balaban J connectivity index is 2.36. The Labute approximate surface area is 78.8 Å². The van der Waals surface area contributed by atoms with Gasteiger partial charge in [-0.15, -0.1) is 0 Å². The molecule has 1 N–H and O–H groups in total. The SMILES string of the molecule is CNCCN(C)Cc1ncnn1C. The molecule has 0 unspecified atom stereocenters. The first-order valence-electron chi connectivity index (χ1n) is 4.40. The van der Waals surface area contributed by atoms with Crippen LogP contribution in [0.3, 0.4) is 0 Å². The lowest BCUT2D eigenvalue weighted by atomic mass is 10.5. The largest absolute Gasteiger partial charge is 0.318 e. The maximum atomic E-state index is 4.15. The summed E-state index contributed by atoms with van der Waals surface area (Å²) in [5.41, 5.74) is 0. The number of rotatable bonds is 5. The van der Waals surface area contributed by atoms with Crippen molar-refractivity contribution in [1.29, 1.82) is 0 Å². The van der Waals surface area contributed by atoms with Crippen molar-refractivity contribution in [2.45, 2.75) is 6.54 Å². The van der Waals surface area contributed by atoms with E-state index in [9.17, 15) is 0 Å². The van der Waals surface area contributed by atoms with E-state index in [0.717, 1.165) is 25.5 Å². The lowest BCUT2D eigenvalue weighted by molar-refractivity contribution is 0.314. The van der Waals surface area contributed by atoms with Gasteiger partial charge in [-0.05, 0) is 14.1 Å². The maximum absolute atomic E-state index is 4.15. The Morgan fingerprint density at radius 1 is 1.62 bits per heavy atom. The molecule has 0 atom stereocenters. The van der Waals surface area contributed by atoms with Crippen LogP contribution >= 0.6 is 0 Å². The van der Waals surface area contributed by atoms with Crippen LogP contribution in [0.4, 0.5) is 0 Å². The van der Waals surface area contributed by atoms with E-state index in [1.54, 1.807) is 11.0 Å². The van der Waals surface area contributed by atoms with Crippen LogP contribution in [-0.2, 0) is 13.6 Å². The lowest BCUT2D eigenvalue weighted by Crippen LogP contribution is -2.28. The van der Waals surface area contributed by atoms with Crippen LogP contribution in [0.1, 0.15) is 5.82 Å². The molecule has 5 heteroatoms. The highest BCUT2D eigenvalue weighted by Gasteiger charge is 2.03. The van der Waals surface area contributed by atoms with Gasteiger partial charge < -0.3 is 5.32 Å². The average molecular weight is 183 g/mol. The van der Waals surface area contributed by atoms with Crippen molar-refractivity contribution < 1.29 is 0 Å². The van der Waals surface area contributed by atoms with Crippen LogP contribution in [0, 0.1) is 0 Å². The second-order valence-corrected chi connectivity index (χ2v) is 3.14. The summed E-state index contributed by atoms with van der Waals surface area (Å²) < 4.78 is 1.80. The van der Waals surface area contributed by atoms with Crippen molar-refractivity contribution in [2.75, 3.05) is 27.2 Å². The molecule has 0 spiro atoms. The quantitative estimate of drug-likeness (QED) is 0.666. The second-order valence-electron chi connectivity index (χ2n) is 3.14. The maximum Gasteiger partial charge on any atom is 0.140 e. The molecule has 13 heavy (non-hydrogen) atoms. The highest BCUT2D eigenvalue weighted by molar-refractivity contribution is 4.82. The number of nitrogens with zero attached hydrogens (tertiary/aromatic N) is 4. The molecule has 1 heterocycles. The summed E-state index contributed by atoms with van der Waals surface area (Å²) in [4.78, 5) is 6.36. The van der Waals surface area contributed by atoms with E-state index in [1.165, 1.54) is 0 Å². The van der Waals surface area contributed by atoms with Gasteiger partial charge in [-0.2, -0.15) is 5.10 Å². The zero-order chi connectivity index (χ0) is 9.68. The van der Waals surface area contributed by atoms with Crippen molar-refractivity contribution in [1.82, 2.24) is 25.0 Å². The first-order valence-corrected chi connectivity index (χ1v) is 4.40. The summed E-state index contributed by atoms with van der Waals surface area (Å²) in [6.45, 7) is 2.86. The molecule has 0 aliphatic carbocycles. The van der Waals surface area contributed by atoms with Crippen molar-refractivity contribution in [3.63, 3.8) is 0 Å². The minimum absolute atomic E-state index is 0.845. The fourth-order valence-electron chi connectivity index (χ4n) is 1.09. The van der Waals surface area contributed by atoms with Gasteiger partial charge in [0.25, 0.3) is 0 Å². The van der Waals surface area contributed by atoms with Crippen LogP contribution in [-0.4, -0.2) is 46.8 Å². The molecular weight excluding hydrogens is 166 g/mol. The van der Waals surface area contributed by atoms with E-state index in [1.807, 2.05) is 14.1 Å². The van der Waals surface area contributed by atoms with Gasteiger partial charge in [-0.25, -0.2) is 4.98 Å². The van der Waals surface area contributed by atoms with Crippen LogP contribution < -0.4 is 5.32 Å². The number of hydrogen-bond acceptors (Lipinski definition) is 4. The summed E-state index contributed by atoms with van der Waals surface area (Å²) >= 11 is 0. The Hall–Kier alpha value is -0.940. The van der Waals surface area contributed by atoms with Crippen molar-refractivity contribution in [3.05, 3.63) is 12.2 Å². The van der Waals surface area contributed by atoms with Gasteiger partial charge in [0.1, 0.15) is 12.2 Å². The van der Waals surface area contributed by atoms with Crippen molar-refractivity contribution in [3.8, 4) is 0 Å². The standard InChI is InChI=1S/C8H17N5/c1-9-4-5-12(2)6-8-10-7-11-13(8)3/h7,9H,4-6H2,1-3H3. The topological polar surface area (TPSA) is 46.0 Å². The third kappa shape index (κ3) is 3.12. The van der Waals surface area contributed by atoms with E-state index < -0.39 is 0 Å². The van der Waals surface area contributed by atoms with E-state index >= 15 is 0 Å². The van der Waals surface area contributed by atoms with E-state index in [0.29, 0.717) is 0 Å². The number of aryl methyl sites for hydroxylation is 1. The first kappa shape index (κ1) is 10.1. The molecule has 0 saturated carbocycles. The molecule has 0 fully saturated rings. The Kier molecular flexibility index (Phi) is 3.85. The van der Waals surface area contributed by atoms with Gasteiger partial charge >= 0.3 is 0 Å². The second kappa shape index (κ2) is 4.94. The van der Waals surface area contributed by atoms with E-state index in [2.05, 4.69) is 27.3 Å². The first-order chi connectivity index (χ1) is 6.24. The molecule has 0 aliphatic rings. The van der Waals surface area contributed by atoms with Crippen LogP contribution in [0.5, 0.6) is 0 Å². The predicted octanol–water partition coefficient (Wildman–Crippen LogP) is -0.534. The smallest absolute Gasteiger partial charge is 0.140 e. The van der Waals surface area contributed by atoms with Gasteiger partial charge in [0.05, 0.1) is 6.54 Å². The molecule has 0 aliphatic heterocycles. The van der Waals surface area contributed by atoms with Crippen molar-refractivity contribution in [2.24, 2.45) is 7.05 Å². The fourth-order valence-corrected chi connectivity index (χ4v) is 1.09. The van der Waals surface area contributed by atoms with Gasteiger partial charge in [-0.3, -0.25) is 9.58 Å². The van der Waals surface area contributed by atoms with Gasteiger partial charge in [0, 0.05) is 20.1 Å². The number of aromatic nitrogens is 3. The Bertz CT molecular complexity index is 244. The fraction of sp³-hybridized carbons (Fsp3) is 0.750. The summed E-state index contributed by atoms with van der Waals surface area (Å²) in [5.74, 6) is 0.999. The third-order valence-electron chi connectivity index (χ3n) is 1.96. The summed E-state index contributed by atoms with van der Waals surface area (Å²) in [6, 6.07) is 0. The molecule has 0 saturated heterocycles. The minimum atomic E-state index is 0.845. The highest BCUT2D eigenvalue weighted by Crippen LogP contribution is 1.95. The Morgan fingerprint density at radius 2 is 2.38 bits per heavy atom. The molecule has 0 radical (unpaired) electrons. The monoisotopic (exact) mass is 183 g/mol. The highest BCUT2D eigenvalue weighted by atomic mass is 15.3.